The molecule has 1 saturated heterocycles. The van der Waals surface area contributed by atoms with Crippen molar-refractivity contribution in [2.24, 2.45) is 0 Å². The first-order valence-electron chi connectivity index (χ1n) is 9.44. The molecule has 1 aromatic carbocycles. The van der Waals surface area contributed by atoms with Gasteiger partial charge >= 0.3 is 0 Å². The summed E-state index contributed by atoms with van der Waals surface area (Å²) in [4.78, 5) is 19.4. The summed E-state index contributed by atoms with van der Waals surface area (Å²) < 4.78 is 15.9. The maximum absolute atomic E-state index is 13.0. The molecule has 28 heavy (non-hydrogen) atoms. The van der Waals surface area contributed by atoms with Gasteiger partial charge in [0.05, 0.1) is 21.3 Å². The van der Waals surface area contributed by atoms with E-state index in [0.717, 1.165) is 30.1 Å². The number of nitrogens with zero attached hydrogens (tertiary/aromatic N) is 2. The molecular formula is C21H25N3O4. The molecule has 7 nitrogen and oxygen atoms in total. The molecule has 7 heteroatoms. The molecular weight excluding hydrogens is 358 g/mol. The van der Waals surface area contributed by atoms with E-state index in [1.165, 1.54) is 5.56 Å². The molecule has 0 radical (unpaired) electrons. The van der Waals surface area contributed by atoms with Crippen molar-refractivity contribution in [1.82, 2.24) is 9.88 Å². The number of likely N-dealkylation sites (tertiary alicyclic amines) is 1. The number of nitrogens with one attached hydrogen (secondary N) is 1. The largest absolute Gasteiger partial charge is 0.493 e. The Bertz CT molecular complexity index is 886. The minimum Gasteiger partial charge on any atom is -0.493 e. The molecule has 1 N–H and O–H groups in total. The van der Waals surface area contributed by atoms with E-state index in [9.17, 15) is 4.79 Å². The van der Waals surface area contributed by atoms with Crippen LogP contribution in [0.15, 0.2) is 30.3 Å². The molecule has 1 amide bonds. The number of rotatable bonds is 5. The van der Waals surface area contributed by atoms with E-state index in [1.54, 1.807) is 21.3 Å². The first kappa shape index (κ1) is 18.4. The van der Waals surface area contributed by atoms with E-state index >= 15 is 0 Å². The number of carbonyl (C=O) groups is 1. The number of pyridine rings is 1. The average molecular weight is 383 g/mol. The first-order chi connectivity index (χ1) is 13.6. The topological polar surface area (TPSA) is 72.9 Å². The van der Waals surface area contributed by atoms with Crippen LogP contribution in [0.1, 0.15) is 23.5 Å². The van der Waals surface area contributed by atoms with Crippen LogP contribution >= 0.6 is 0 Å². The number of anilines is 1. The molecule has 2 aliphatic rings. The van der Waals surface area contributed by atoms with Crippen molar-refractivity contribution >= 4 is 11.7 Å². The molecule has 2 unspecified atom stereocenters. The zero-order valence-electron chi connectivity index (χ0n) is 16.4. The Labute approximate surface area is 164 Å². The van der Waals surface area contributed by atoms with Crippen molar-refractivity contribution in [2.75, 3.05) is 39.7 Å². The van der Waals surface area contributed by atoms with Crippen LogP contribution in [0.4, 0.5) is 5.82 Å². The smallest absolute Gasteiger partial charge is 0.245 e. The molecule has 3 heterocycles. The first-order valence-corrected chi connectivity index (χ1v) is 9.44. The predicted octanol–water partition coefficient (Wildman–Crippen LogP) is 2.46. The van der Waals surface area contributed by atoms with E-state index in [2.05, 4.69) is 16.4 Å². The van der Waals surface area contributed by atoms with Gasteiger partial charge in [-0.05, 0) is 35.7 Å². The van der Waals surface area contributed by atoms with Crippen LogP contribution in [0.2, 0.25) is 0 Å². The lowest BCUT2D eigenvalue weighted by molar-refractivity contribution is -0.130. The zero-order chi connectivity index (χ0) is 19.7. The lowest BCUT2D eigenvalue weighted by atomic mass is 9.98. The van der Waals surface area contributed by atoms with E-state index in [1.807, 2.05) is 29.2 Å². The predicted molar refractivity (Wildman–Crippen MR) is 105 cm³/mol. The molecule has 1 aromatic heterocycles. The summed E-state index contributed by atoms with van der Waals surface area (Å²) in [5, 5.41) is 3.25. The maximum Gasteiger partial charge on any atom is 0.245 e. The highest BCUT2D eigenvalue weighted by Crippen LogP contribution is 2.35. The number of aromatic nitrogens is 1. The normalized spacial score (nSPS) is 20.5. The van der Waals surface area contributed by atoms with E-state index < -0.39 is 0 Å². The van der Waals surface area contributed by atoms with Crippen molar-refractivity contribution in [3.63, 3.8) is 0 Å². The highest BCUT2D eigenvalue weighted by atomic mass is 16.5. The molecule has 0 spiro atoms. The Morgan fingerprint density at radius 3 is 2.68 bits per heavy atom. The second-order valence-corrected chi connectivity index (χ2v) is 7.15. The Morgan fingerprint density at radius 1 is 1.11 bits per heavy atom. The van der Waals surface area contributed by atoms with Gasteiger partial charge in [-0.2, -0.15) is 4.98 Å². The van der Waals surface area contributed by atoms with Crippen LogP contribution in [0, 0.1) is 0 Å². The standard InChI is InChI=1S/C21H25N3O4/c1-26-17-6-4-13(11-18(17)27-2)15-8-9-24(12-15)21(25)16-10-14-5-7-19(28-3)23-20(14)22-16/h4-7,11,15-16H,8-10,12H2,1-3H3,(H,22,23). The highest BCUT2D eigenvalue weighted by Gasteiger charge is 2.35. The summed E-state index contributed by atoms with van der Waals surface area (Å²) in [6.07, 6.45) is 1.59. The molecule has 2 aromatic rings. The zero-order valence-corrected chi connectivity index (χ0v) is 16.4. The van der Waals surface area contributed by atoms with Gasteiger partial charge in [0.15, 0.2) is 11.5 Å². The molecule has 0 bridgehead atoms. The monoisotopic (exact) mass is 383 g/mol. The minimum atomic E-state index is -0.265. The van der Waals surface area contributed by atoms with Crippen LogP contribution in [0.3, 0.4) is 0 Å². The lowest BCUT2D eigenvalue weighted by Gasteiger charge is -2.21. The van der Waals surface area contributed by atoms with Gasteiger partial charge in [-0.25, -0.2) is 0 Å². The van der Waals surface area contributed by atoms with Crippen molar-refractivity contribution < 1.29 is 19.0 Å². The number of hydrogen-bond donors (Lipinski definition) is 1. The molecule has 0 saturated carbocycles. The Hall–Kier alpha value is -2.96. The molecule has 4 rings (SSSR count). The molecule has 2 aliphatic heterocycles. The maximum atomic E-state index is 13.0. The van der Waals surface area contributed by atoms with Crippen molar-refractivity contribution in [3.05, 3.63) is 41.5 Å². The van der Waals surface area contributed by atoms with Crippen molar-refractivity contribution in [2.45, 2.75) is 24.8 Å². The third kappa shape index (κ3) is 3.32. The SMILES string of the molecule is COc1ccc2c(n1)NC(C(=O)N1CCC(c3ccc(OC)c(OC)c3)C1)C2. The number of benzene rings is 1. The summed E-state index contributed by atoms with van der Waals surface area (Å²) in [6.45, 7) is 1.46. The van der Waals surface area contributed by atoms with Gasteiger partial charge in [-0.1, -0.05) is 6.07 Å². The quantitative estimate of drug-likeness (QED) is 0.855. The summed E-state index contributed by atoms with van der Waals surface area (Å²) >= 11 is 0. The number of hydrogen-bond acceptors (Lipinski definition) is 6. The number of ether oxygens (including phenoxy) is 3. The summed E-state index contributed by atoms with van der Waals surface area (Å²) in [5.74, 6) is 3.15. The molecule has 1 fully saturated rings. The van der Waals surface area contributed by atoms with E-state index in [4.69, 9.17) is 14.2 Å². The third-order valence-corrected chi connectivity index (χ3v) is 5.57. The van der Waals surface area contributed by atoms with Crippen molar-refractivity contribution in [1.29, 1.82) is 0 Å². The van der Waals surface area contributed by atoms with Gasteiger partial charge in [0, 0.05) is 31.5 Å². The second kappa shape index (κ2) is 7.58. The number of fused-ring (bicyclic) bond motifs is 1. The average Bonchev–Trinajstić information content (AvgIpc) is 3.39. The van der Waals surface area contributed by atoms with Gasteiger partial charge in [0.1, 0.15) is 11.9 Å². The van der Waals surface area contributed by atoms with Gasteiger partial charge in [-0.3, -0.25) is 4.79 Å². The third-order valence-electron chi connectivity index (χ3n) is 5.57. The van der Waals surface area contributed by atoms with Crippen LogP contribution in [-0.4, -0.2) is 56.3 Å². The Morgan fingerprint density at radius 2 is 1.93 bits per heavy atom. The second-order valence-electron chi connectivity index (χ2n) is 7.15. The van der Waals surface area contributed by atoms with Gasteiger partial charge in [0.2, 0.25) is 11.8 Å². The van der Waals surface area contributed by atoms with E-state index in [-0.39, 0.29) is 11.9 Å². The number of carbonyl (C=O) groups excluding carboxylic acids is 1. The van der Waals surface area contributed by atoms with Crippen LogP contribution in [0.5, 0.6) is 17.4 Å². The highest BCUT2D eigenvalue weighted by molar-refractivity contribution is 5.87. The van der Waals surface area contributed by atoms with E-state index in [0.29, 0.717) is 30.5 Å². The fourth-order valence-corrected chi connectivity index (χ4v) is 4.02. The molecule has 0 aliphatic carbocycles. The van der Waals surface area contributed by atoms with Crippen LogP contribution in [0.25, 0.3) is 0 Å². The lowest BCUT2D eigenvalue weighted by Crippen LogP contribution is -2.40. The summed E-state index contributed by atoms with van der Waals surface area (Å²) in [7, 11) is 4.86. The molecule has 2 atom stereocenters. The summed E-state index contributed by atoms with van der Waals surface area (Å²) in [6, 6.07) is 9.52. The fraction of sp³-hybridized carbons (Fsp3) is 0.429. The number of amides is 1. The van der Waals surface area contributed by atoms with Crippen molar-refractivity contribution in [3.8, 4) is 17.4 Å². The molecule has 148 valence electrons. The van der Waals surface area contributed by atoms with Crippen LogP contribution in [-0.2, 0) is 11.2 Å². The van der Waals surface area contributed by atoms with Gasteiger partial charge < -0.3 is 24.4 Å². The fourth-order valence-electron chi connectivity index (χ4n) is 4.02. The minimum absolute atomic E-state index is 0.125. The number of methoxy groups -OCH3 is 3. The Balaban J connectivity index is 1.42. The van der Waals surface area contributed by atoms with Gasteiger partial charge in [0.25, 0.3) is 0 Å². The van der Waals surface area contributed by atoms with Gasteiger partial charge in [-0.15, -0.1) is 0 Å². The Kier molecular flexibility index (Phi) is 4.98. The summed E-state index contributed by atoms with van der Waals surface area (Å²) in [5.41, 5.74) is 2.22. The van der Waals surface area contributed by atoms with Crippen LogP contribution < -0.4 is 19.5 Å².